The second-order valence-electron chi connectivity index (χ2n) is 9.51. The SMILES string of the molecule is CN1C(=O)CC[C@@]2(C)C1=CC[C@@H]1[C@@H]2CC[C@]2(C)C(c3cncnc3)=CC[C@@H]12. The number of amides is 1. The molecule has 0 radical (unpaired) electrons. The van der Waals surface area contributed by atoms with Crippen molar-refractivity contribution in [3.05, 3.63) is 42.1 Å². The number of fused-ring (bicyclic) bond motifs is 5. The van der Waals surface area contributed by atoms with Gasteiger partial charge in [0, 0.05) is 42.5 Å². The summed E-state index contributed by atoms with van der Waals surface area (Å²) in [5, 5.41) is 0. The van der Waals surface area contributed by atoms with E-state index >= 15 is 0 Å². The topological polar surface area (TPSA) is 46.1 Å². The van der Waals surface area contributed by atoms with Crippen LogP contribution in [0.15, 0.2) is 36.6 Å². The third kappa shape index (κ3) is 2.25. The van der Waals surface area contributed by atoms with E-state index in [1.54, 1.807) is 6.33 Å². The first-order chi connectivity index (χ1) is 12.9. The van der Waals surface area contributed by atoms with Gasteiger partial charge in [-0.05, 0) is 60.8 Å². The van der Waals surface area contributed by atoms with Crippen LogP contribution in [0.5, 0.6) is 0 Å². The minimum Gasteiger partial charge on any atom is -0.319 e. The van der Waals surface area contributed by atoms with Crippen LogP contribution in [0.2, 0.25) is 0 Å². The molecule has 1 saturated carbocycles. The normalized spacial score (nSPS) is 40.6. The molecule has 1 aromatic rings. The number of likely N-dealkylation sites (tertiary alicyclic amines) is 1. The van der Waals surface area contributed by atoms with Gasteiger partial charge in [-0.1, -0.05) is 26.0 Å². The number of piperidine rings is 1. The molecule has 1 amide bonds. The van der Waals surface area contributed by atoms with Crippen LogP contribution >= 0.6 is 0 Å². The van der Waals surface area contributed by atoms with Crippen LogP contribution in [0.25, 0.3) is 5.57 Å². The summed E-state index contributed by atoms with van der Waals surface area (Å²) in [7, 11) is 1.98. The van der Waals surface area contributed by atoms with E-state index in [1.807, 2.05) is 24.3 Å². The van der Waals surface area contributed by atoms with Gasteiger partial charge in [0.15, 0.2) is 0 Å². The summed E-state index contributed by atoms with van der Waals surface area (Å²) in [5.74, 6) is 2.36. The van der Waals surface area contributed by atoms with Gasteiger partial charge in [0.1, 0.15) is 6.33 Å². The Hall–Kier alpha value is -1.97. The minimum atomic E-state index is 0.158. The molecular weight excluding hydrogens is 334 g/mol. The summed E-state index contributed by atoms with van der Waals surface area (Å²) < 4.78 is 0. The molecule has 0 aromatic carbocycles. The summed E-state index contributed by atoms with van der Waals surface area (Å²) in [4.78, 5) is 22.7. The first-order valence-corrected chi connectivity index (χ1v) is 10.4. The van der Waals surface area contributed by atoms with Crippen LogP contribution < -0.4 is 0 Å². The summed E-state index contributed by atoms with van der Waals surface area (Å²) in [6.45, 7) is 4.90. The molecule has 2 fully saturated rings. The average molecular weight is 364 g/mol. The standard InChI is InChI=1S/C23H29N3O/c1-22-10-8-19-16(4-7-20-23(19,2)11-9-21(27)26(20)3)18(22)6-5-17(22)15-12-24-14-25-13-15/h5,7,12-14,16,18-19H,4,6,8-11H2,1-3H3/t16-,18-,19-,22+,23+/m0/s1. The maximum Gasteiger partial charge on any atom is 0.226 e. The number of carbonyl (C=O) groups is 1. The Morgan fingerprint density at radius 1 is 1.04 bits per heavy atom. The quantitative estimate of drug-likeness (QED) is 0.740. The van der Waals surface area contributed by atoms with Gasteiger partial charge in [-0.15, -0.1) is 0 Å². The molecule has 0 bridgehead atoms. The van der Waals surface area contributed by atoms with Crippen molar-refractivity contribution in [3.63, 3.8) is 0 Å². The third-order valence-corrected chi connectivity index (χ3v) is 8.47. The number of aromatic nitrogens is 2. The molecule has 5 rings (SSSR count). The lowest BCUT2D eigenvalue weighted by Gasteiger charge is -2.58. The highest BCUT2D eigenvalue weighted by molar-refractivity contribution is 5.79. The molecule has 0 N–H and O–H groups in total. The maximum absolute atomic E-state index is 12.2. The third-order valence-electron chi connectivity index (χ3n) is 8.47. The largest absolute Gasteiger partial charge is 0.319 e. The number of nitrogens with zero attached hydrogens (tertiary/aromatic N) is 3. The lowest BCUT2D eigenvalue weighted by Crippen LogP contribution is -2.53. The molecule has 2 heterocycles. The fraction of sp³-hybridized carbons (Fsp3) is 0.609. The Balaban J connectivity index is 1.50. The molecule has 3 aliphatic carbocycles. The number of rotatable bonds is 1. The van der Waals surface area contributed by atoms with E-state index in [9.17, 15) is 4.79 Å². The highest BCUT2D eigenvalue weighted by atomic mass is 16.2. The molecule has 5 atom stereocenters. The van der Waals surface area contributed by atoms with Crippen molar-refractivity contribution in [2.45, 2.75) is 52.4 Å². The predicted molar refractivity (Wildman–Crippen MR) is 105 cm³/mol. The molecule has 4 nitrogen and oxygen atoms in total. The lowest BCUT2D eigenvalue weighted by molar-refractivity contribution is -0.135. The Morgan fingerprint density at radius 2 is 1.81 bits per heavy atom. The summed E-state index contributed by atoms with van der Waals surface area (Å²) >= 11 is 0. The summed E-state index contributed by atoms with van der Waals surface area (Å²) in [6.07, 6.45) is 16.9. The van der Waals surface area contributed by atoms with Gasteiger partial charge in [-0.25, -0.2) is 9.97 Å². The summed E-state index contributed by atoms with van der Waals surface area (Å²) in [6, 6.07) is 0. The molecule has 142 valence electrons. The van der Waals surface area contributed by atoms with Crippen LogP contribution in [0.3, 0.4) is 0 Å². The van der Waals surface area contributed by atoms with Crippen molar-refractivity contribution in [1.29, 1.82) is 0 Å². The number of hydrogen-bond acceptors (Lipinski definition) is 3. The molecule has 1 aliphatic heterocycles. The van der Waals surface area contributed by atoms with E-state index in [-0.39, 0.29) is 16.7 Å². The zero-order valence-corrected chi connectivity index (χ0v) is 16.6. The van der Waals surface area contributed by atoms with Crippen LogP contribution in [0.1, 0.15) is 57.9 Å². The maximum atomic E-state index is 12.2. The van der Waals surface area contributed by atoms with Gasteiger partial charge in [-0.3, -0.25) is 4.79 Å². The minimum absolute atomic E-state index is 0.158. The van der Waals surface area contributed by atoms with Gasteiger partial charge in [-0.2, -0.15) is 0 Å². The molecule has 0 spiro atoms. The molecule has 1 saturated heterocycles. The molecule has 27 heavy (non-hydrogen) atoms. The predicted octanol–water partition coefficient (Wildman–Crippen LogP) is 4.46. The first kappa shape index (κ1) is 17.2. The van der Waals surface area contributed by atoms with Crippen molar-refractivity contribution in [1.82, 2.24) is 14.9 Å². The fourth-order valence-corrected chi connectivity index (χ4v) is 7.03. The van der Waals surface area contributed by atoms with Crippen LogP contribution in [-0.2, 0) is 4.79 Å². The number of allylic oxidation sites excluding steroid dienone is 4. The lowest BCUT2D eigenvalue weighted by atomic mass is 9.49. The van der Waals surface area contributed by atoms with Crippen molar-refractivity contribution in [3.8, 4) is 0 Å². The monoisotopic (exact) mass is 363 g/mol. The highest BCUT2D eigenvalue weighted by Crippen LogP contribution is 2.65. The molecule has 1 aromatic heterocycles. The van der Waals surface area contributed by atoms with Gasteiger partial charge in [0.25, 0.3) is 0 Å². The van der Waals surface area contributed by atoms with Crippen LogP contribution in [0.4, 0.5) is 0 Å². The van der Waals surface area contributed by atoms with E-state index < -0.39 is 0 Å². The van der Waals surface area contributed by atoms with Gasteiger partial charge >= 0.3 is 0 Å². The van der Waals surface area contributed by atoms with Crippen LogP contribution in [-0.4, -0.2) is 27.8 Å². The van der Waals surface area contributed by atoms with Crippen molar-refractivity contribution in [2.75, 3.05) is 7.05 Å². The van der Waals surface area contributed by atoms with Crippen molar-refractivity contribution < 1.29 is 4.79 Å². The van der Waals surface area contributed by atoms with E-state index in [4.69, 9.17) is 0 Å². The number of carbonyl (C=O) groups excluding carboxylic acids is 1. The molecule has 4 heteroatoms. The Labute approximate surface area is 161 Å². The molecular formula is C23H29N3O. The Bertz CT molecular complexity index is 844. The van der Waals surface area contributed by atoms with E-state index in [0.717, 1.165) is 19.3 Å². The van der Waals surface area contributed by atoms with Gasteiger partial charge in [0.05, 0.1) is 0 Å². The zero-order chi connectivity index (χ0) is 18.8. The zero-order valence-electron chi connectivity index (χ0n) is 16.6. The second kappa shape index (κ2) is 5.76. The fourth-order valence-electron chi connectivity index (χ4n) is 7.03. The average Bonchev–Trinajstić information content (AvgIpc) is 3.03. The van der Waals surface area contributed by atoms with E-state index in [2.05, 4.69) is 36.0 Å². The Morgan fingerprint density at radius 3 is 2.59 bits per heavy atom. The second-order valence-corrected chi connectivity index (χ2v) is 9.51. The van der Waals surface area contributed by atoms with Gasteiger partial charge in [0.2, 0.25) is 5.91 Å². The van der Waals surface area contributed by atoms with Crippen molar-refractivity contribution >= 4 is 11.5 Å². The van der Waals surface area contributed by atoms with E-state index in [0.29, 0.717) is 24.2 Å². The summed E-state index contributed by atoms with van der Waals surface area (Å²) in [5.41, 5.74) is 4.34. The smallest absolute Gasteiger partial charge is 0.226 e. The molecule has 4 aliphatic rings. The van der Waals surface area contributed by atoms with E-state index in [1.165, 1.54) is 29.7 Å². The number of hydrogen-bond donors (Lipinski definition) is 0. The van der Waals surface area contributed by atoms with Crippen molar-refractivity contribution in [2.24, 2.45) is 28.6 Å². The Kier molecular flexibility index (Phi) is 3.66. The van der Waals surface area contributed by atoms with Crippen LogP contribution in [0, 0.1) is 28.6 Å². The molecule has 0 unspecified atom stereocenters. The first-order valence-electron chi connectivity index (χ1n) is 10.4. The highest BCUT2D eigenvalue weighted by Gasteiger charge is 2.57. The van der Waals surface area contributed by atoms with Gasteiger partial charge < -0.3 is 4.90 Å².